The highest BCUT2D eigenvalue weighted by atomic mass is 32.2. The van der Waals surface area contributed by atoms with Crippen LogP contribution in [0.2, 0.25) is 0 Å². The number of aliphatic hydroxyl groups is 1. The van der Waals surface area contributed by atoms with Crippen molar-refractivity contribution in [2.75, 3.05) is 37.2 Å². The summed E-state index contributed by atoms with van der Waals surface area (Å²) in [4.78, 5) is 38.0. The van der Waals surface area contributed by atoms with Crippen molar-refractivity contribution in [1.29, 1.82) is 0 Å². The van der Waals surface area contributed by atoms with Gasteiger partial charge in [-0.2, -0.15) is 0 Å². The maximum Gasteiger partial charge on any atom is 0.253 e. The first-order valence-electron chi connectivity index (χ1n) is 12.4. The Bertz CT molecular complexity index is 1220. The molecule has 194 valence electrons. The number of rotatable bonds is 8. The maximum absolute atomic E-state index is 12.8. The van der Waals surface area contributed by atoms with Gasteiger partial charge in [-0.3, -0.25) is 9.59 Å². The van der Waals surface area contributed by atoms with E-state index in [0.717, 1.165) is 34.0 Å². The van der Waals surface area contributed by atoms with Crippen molar-refractivity contribution in [2.24, 2.45) is 0 Å². The Hall–Kier alpha value is -3.43. The van der Waals surface area contributed by atoms with E-state index in [-0.39, 0.29) is 11.8 Å². The van der Waals surface area contributed by atoms with Gasteiger partial charge in [-0.05, 0) is 62.7 Å². The summed E-state index contributed by atoms with van der Waals surface area (Å²) in [7, 11) is 0. The van der Waals surface area contributed by atoms with Crippen molar-refractivity contribution < 1.29 is 14.7 Å². The molecule has 1 fully saturated rings. The number of nitrogens with zero attached hydrogens (tertiary/aromatic N) is 4. The van der Waals surface area contributed by atoms with Crippen LogP contribution in [0.5, 0.6) is 0 Å². The number of piperazine rings is 1. The molecule has 37 heavy (non-hydrogen) atoms. The Labute approximate surface area is 222 Å². The molecule has 0 unspecified atom stereocenters. The van der Waals surface area contributed by atoms with Crippen LogP contribution in [-0.4, -0.2) is 74.2 Å². The first kappa shape index (κ1) is 26.6. The second-order valence-electron chi connectivity index (χ2n) is 9.70. The molecule has 4 rings (SSSR count). The van der Waals surface area contributed by atoms with Crippen LogP contribution in [0.4, 0.5) is 11.6 Å². The largest absolute Gasteiger partial charge is 0.390 e. The molecule has 0 spiro atoms. The highest BCUT2D eigenvalue weighted by molar-refractivity contribution is 7.99. The number of hydrogen-bond donors (Lipinski definition) is 2. The van der Waals surface area contributed by atoms with Crippen molar-refractivity contribution >= 4 is 35.2 Å². The third kappa shape index (κ3) is 7.53. The molecule has 1 aromatic heterocycles. The lowest BCUT2D eigenvalue weighted by atomic mass is 10.1. The van der Waals surface area contributed by atoms with Gasteiger partial charge in [-0.25, -0.2) is 9.97 Å². The van der Waals surface area contributed by atoms with Gasteiger partial charge in [0.05, 0.1) is 11.3 Å². The van der Waals surface area contributed by atoms with Crippen LogP contribution in [-0.2, 0) is 4.79 Å². The minimum absolute atomic E-state index is 0.0327. The zero-order chi connectivity index (χ0) is 26.4. The standard InChI is InChI=1S/C28H33N5O3S/c1-20(34)32-15-17-33(18-16-32)26(35)22-4-8-23(9-5-22)30-27-29-14-12-25(31-27)21-6-10-24(11-7-21)37-19-13-28(2,3)36/h4-12,14,36H,13,15-19H2,1-3H3,(H,29,30,31). The predicted octanol–water partition coefficient (Wildman–Crippen LogP) is 4.44. The molecule has 0 bridgehead atoms. The number of amides is 2. The van der Waals surface area contributed by atoms with E-state index in [1.807, 2.05) is 44.2 Å². The van der Waals surface area contributed by atoms with E-state index in [4.69, 9.17) is 0 Å². The van der Waals surface area contributed by atoms with Gasteiger partial charge in [0.25, 0.3) is 5.91 Å². The smallest absolute Gasteiger partial charge is 0.253 e. The number of benzene rings is 2. The van der Waals surface area contributed by atoms with E-state index in [9.17, 15) is 14.7 Å². The highest BCUT2D eigenvalue weighted by Crippen LogP contribution is 2.26. The van der Waals surface area contributed by atoms with E-state index in [0.29, 0.717) is 37.7 Å². The maximum atomic E-state index is 12.8. The van der Waals surface area contributed by atoms with Crippen molar-refractivity contribution in [1.82, 2.24) is 19.8 Å². The molecule has 0 atom stereocenters. The molecule has 0 radical (unpaired) electrons. The molecule has 2 aromatic carbocycles. The quantitative estimate of drug-likeness (QED) is 0.425. The summed E-state index contributed by atoms with van der Waals surface area (Å²) in [5.74, 6) is 1.34. The van der Waals surface area contributed by atoms with Crippen LogP contribution >= 0.6 is 11.8 Å². The monoisotopic (exact) mass is 519 g/mol. The number of nitrogens with one attached hydrogen (secondary N) is 1. The Balaban J connectivity index is 1.35. The lowest BCUT2D eigenvalue weighted by Crippen LogP contribution is -2.50. The molecular formula is C28H33N5O3S. The Kier molecular flexibility index (Phi) is 8.45. The van der Waals surface area contributed by atoms with Gasteiger partial charge in [-0.15, -0.1) is 11.8 Å². The third-order valence-corrected chi connectivity index (χ3v) is 7.20. The summed E-state index contributed by atoms with van der Waals surface area (Å²) in [5, 5.41) is 13.1. The molecule has 2 N–H and O–H groups in total. The Morgan fingerprint density at radius 3 is 2.24 bits per heavy atom. The van der Waals surface area contributed by atoms with Gasteiger partial charge >= 0.3 is 0 Å². The summed E-state index contributed by atoms with van der Waals surface area (Å²) >= 11 is 1.72. The van der Waals surface area contributed by atoms with Gasteiger partial charge in [0.15, 0.2) is 0 Å². The number of aromatic nitrogens is 2. The minimum Gasteiger partial charge on any atom is -0.390 e. The van der Waals surface area contributed by atoms with E-state index in [2.05, 4.69) is 27.4 Å². The van der Waals surface area contributed by atoms with Gasteiger partial charge in [0, 0.05) is 66.8 Å². The van der Waals surface area contributed by atoms with E-state index < -0.39 is 5.60 Å². The zero-order valence-corrected chi connectivity index (χ0v) is 22.3. The molecule has 8 nitrogen and oxygen atoms in total. The molecule has 9 heteroatoms. The molecule has 1 aliphatic rings. The molecule has 1 aliphatic heterocycles. The van der Waals surface area contributed by atoms with Crippen LogP contribution < -0.4 is 5.32 Å². The molecule has 2 heterocycles. The molecular weight excluding hydrogens is 486 g/mol. The third-order valence-electron chi connectivity index (χ3n) is 6.19. The Morgan fingerprint density at radius 2 is 1.62 bits per heavy atom. The first-order chi connectivity index (χ1) is 17.7. The summed E-state index contributed by atoms with van der Waals surface area (Å²) in [6.07, 6.45) is 2.45. The summed E-state index contributed by atoms with van der Waals surface area (Å²) in [6, 6.07) is 17.3. The van der Waals surface area contributed by atoms with Gasteiger partial charge in [0.2, 0.25) is 11.9 Å². The van der Waals surface area contributed by atoms with Crippen LogP contribution in [0.25, 0.3) is 11.3 Å². The van der Waals surface area contributed by atoms with E-state index >= 15 is 0 Å². The first-order valence-corrected chi connectivity index (χ1v) is 13.4. The van der Waals surface area contributed by atoms with Crippen molar-refractivity contribution in [3.8, 4) is 11.3 Å². The summed E-state index contributed by atoms with van der Waals surface area (Å²) in [6.45, 7) is 7.42. The second kappa shape index (κ2) is 11.7. The van der Waals surface area contributed by atoms with E-state index in [1.54, 1.807) is 46.8 Å². The zero-order valence-electron chi connectivity index (χ0n) is 21.5. The second-order valence-corrected chi connectivity index (χ2v) is 10.9. The summed E-state index contributed by atoms with van der Waals surface area (Å²) in [5.41, 5.74) is 2.54. The van der Waals surface area contributed by atoms with Crippen molar-refractivity contribution in [3.05, 3.63) is 66.4 Å². The number of carbonyl (C=O) groups excluding carboxylic acids is 2. The van der Waals surface area contributed by atoms with Crippen LogP contribution in [0.1, 0.15) is 37.6 Å². The fraction of sp³-hybridized carbons (Fsp3) is 0.357. The predicted molar refractivity (Wildman–Crippen MR) is 147 cm³/mol. The van der Waals surface area contributed by atoms with Crippen LogP contribution in [0.15, 0.2) is 65.7 Å². The number of anilines is 2. The van der Waals surface area contributed by atoms with Crippen LogP contribution in [0, 0.1) is 0 Å². The fourth-order valence-electron chi connectivity index (χ4n) is 3.95. The molecule has 0 saturated carbocycles. The number of thioether (sulfide) groups is 1. The van der Waals surface area contributed by atoms with Gasteiger partial charge in [-0.1, -0.05) is 12.1 Å². The number of carbonyl (C=O) groups is 2. The van der Waals surface area contributed by atoms with Crippen molar-refractivity contribution in [3.63, 3.8) is 0 Å². The average Bonchev–Trinajstić information content (AvgIpc) is 2.89. The highest BCUT2D eigenvalue weighted by Gasteiger charge is 2.23. The average molecular weight is 520 g/mol. The Morgan fingerprint density at radius 1 is 0.973 bits per heavy atom. The molecule has 2 amide bonds. The minimum atomic E-state index is -0.653. The molecule has 3 aromatic rings. The lowest BCUT2D eigenvalue weighted by molar-refractivity contribution is -0.130. The molecule has 0 aliphatic carbocycles. The van der Waals surface area contributed by atoms with Crippen molar-refractivity contribution in [2.45, 2.75) is 37.7 Å². The fourth-order valence-corrected chi connectivity index (χ4v) is 5.12. The molecule has 1 saturated heterocycles. The van der Waals surface area contributed by atoms with E-state index in [1.165, 1.54) is 0 Å². The topological polar surface area (TPSA) is 98.7 Å². The van der Waals surface area contributed by atoms with Gasteiger partial charge < -0.3 is 20.2 Å². The van der Waals surface area contributed by atoms with Crippen LogP contribution in [0.3, 0.4) is 0 Å². The van der Waals surface area contributed by atoms with Gasteiger partial charge in [0.1, 0.15) is 0 Å². The summed E-state index contributed by atoms with van der Waals surface area (Å²) < 4.78 is 0. The normalized spacial score (nSPS) is 13.9. The number of hydrogen-bond acceptors (Lipinski definition) is 7. The SMILES string of the molecule is CC(=O)N1CCN(C(=O)c2ccc(Nc3nccc(-c4ccc(SCCC(C)(C)O)cc4)n3)cc2)CC1. The lowest BCUT2D eigenvalue weighted by Gasteiger charge is -2.34.